The van der Waals surface area contributed by atoms with Crippen LogP contribution < -0.4 is 0 Å². The SMILES string of the molecule is CC(Br)CC(C)CC(C)CC(C)CC(C)CCCOCOCc1ccccc1. The first-order valence-electron chi connectivity index (χ1n) is 11.2. The highest BCUT2D eigenvalue weighted by molar-refractivity contribution is 9.09. The lowest BCUT2D eigenvalue weighted by Crippen LogP contribution is -2.12. The van der Waals surface area contributed by atoms with Gasteiger partial charge in [-0.1, -0.05) is 80.9 Å². The second-order valence-corrected chi connectivity index (χ2v) is 10.7. The van der Waals surface area contributed by atoms with Crippen molar-refractivity contribution in [1.29, 1.82) is 0 Å². The van der Waals surface area contributed by atoms with Crippen molar-refractivity contribution in [1.82, 2.24) is 0 Å². The lowest BCUT2D eigenvalue weighted by atomic mass is 9.84. The monoisotopic (exact) mass is 454 g/mol. The highest BCUT2D eigenvalue weighted by atomic mass is 79.9. The summed E-state index contributed by atoms with van der Waals surface area (Å²) in [6.45, 7) is 13.7. The number of hydrogen-bond acceptors (Lipinski definition) is 2. The third-order valence-corrected chi connectivity index (χ3v) is 5.78. The Morgan fingerprint density at radius 2 is 1.32 bits per heavy atom. The van der Waals surface area contributed by atoms with Crippen LogP contribution in [-0.2, 0) is 16.1 Å². The van der Waals surface area contributed by atoms with Crippen LogP contribution in [0.5, 0.6) is 0 Å². The molecule has 0 radical (unpaired) electrons. The summed E-state index contributed by atoms with van der Waals surface area (Å²) < 4.78 is 11.2. The Morgan fingerprint density at radius 1 is 0.750 bits per heavy atom. The number of hydrogen-bond donors (Lipinski definition) is 0. The van der Waals surface area contributed by atoms with E-state index in [1.807, 2.05) is 18.2 Å². The second-order valence-electron chi connectivity index (χ2n) is 9.15. The zero-order chi connectivity index (χ0) is 20.8. The molecular formula is C25H43BrO2. The highest BCUT2D eigenvalue weighted by Crippen LogP contribution is 2.27. The molecule has 0 aromatic heterocycles. The predicted octanol–water partition coefficient (Wildman–Crippen LogP) is 7.85. The van der Waals surface area contributed by atoms with Crippen LogP contribution in [0.3, 0.4) is 0 Å². The average Bonchev–Trinajstić information content (AvgIpc) is 2.60. The van der Waals surface area contributed by atoms with E-state index in [0.29, 0.717) is 18.2 Å². The third kappa shape index (κ3) is 13.7. The number of alkyl halides is 1. The van der Waals surface area contributed by atoms with Gasteiger partial charge in [0.2, 0.25) is 0 Å². The number of ether oxygens (including phenoxy) is 2. The number of rotatable bonds is 16. The predicted molar refractivity (Wildman–Crippen MR) is 125 cm³/mol. The van der Waals surface area contributed by atoms with Crippen molar-refractivity contribution in [3.63, 3.8) is 0 Å². The number of halogens is 1. The minimum Gasteiger partial charge on any atom is -0.355 e. The molecule has 0 aliphatic carbocycles. The number of benzene rings is 1. The zero-order valence-corrected chi connectivity index (χ0v) is 20.4. The normalized spacial score (nSPS) is 17.1. The molecule has 1 aromatic carbocycles. The molecule has 3 heteroatoms. The van der Waals surface area contributed by atoms with Crippen molar-refractivity contribution in [2.45, 2.75) is 84.6 Å². The van der Waals surface area contributed by atoms with Crippen LogP contribution in [0.15, 0.2) is 30.3 Å². The van der Waals surface area contributed by atoms with Gasteiger partial charge < -0.3 is 9.47 Å². The van der Waals surface area contributed by atoms with Gasteiger partial charge in [0.1, 0.15) is 6.79 Å². The maximum absolute atomic E-state index is 5.62. The zero-order valence-electron chi connectivity index (χ0n) is 18.8. The molecule has 0 aliphatic rings. The van der Waals surface area contributed by atoms with E-state index in [2.05, 4.69) is 62.7 Å². The van der Waals surface area contributed by atoms with Crippen molar-refractivity contribution in [3.8, 4) is 0 Å². The molecule has 0 fully saturated rings. The summed E-state index contributed by atoms with van der Waals surface area (Å²) in [5, 5.41) is 0. The minimum absolute atomic E-state index is 0.391. The van der Waals surface area contributed by atoms with Crippen LogP contribution in [0.25, 0.3) is 0 Å². The summed E-state index contributed by atoms with van der Waals surface area (Å²) in [6.07, 6.45) is 7.69. The lowest BCUT2D eigenvalue weighted by Gasteiger charge is -2.23. The molecule has 28 heavy (non-hydrogen) atoms. The van der Waals surface area contributed by atoms with Crippen LogP contribution in [0.2, 0.25) is 0 Å². The Hall–Kier alpha value is -0.380. The highest BCUT2D eigenvalue weighted by Gasteiger charge is 2.15. The van der Waals surface area contributed by atoms with Crippen molar-refractivity contribution in [2.75, 3.05) is 13.4 Å². The molecule has 1 aromatic rings. The summed E-state index contributed by atoms with van der Waals surface area (Å²) in [5.41, 5.74) is 1.19. The summed E-state index contributed by atoms with van der Waals surface area (Å²) in [6, 6.07) is 10.2. The van der Waals surface area contributed by atoms with E-state index in [0.717, 1.165) is 36.7 Å². The maximum Gasteiger partial charge on any atom is 0.147 e. The van der Waals surface area contributed by atoms with Gasteiger partial charge >= 0.3 is 0 Å². The van der Waals surface area contributed by atoms with Gasteiger partial charge in [-0.2, -0.15) is 0 Å². The Labute approximate surface area is 182 Å². The van der Waals surface area contributed by atoms with Gasteiger partial charge in [0, 0.05) is 11.4 Å². The Kier molecular flexibility index (Phi) is 14.2. The van der Waals surface area contributed by atoms with E-state index in [-0.39, 0.29) is 0 Å². The first kappa shape index (κ1) is 25.7. The van der Waals surface area contributed by atoms with Crippen molar-refractivity contribution in [3.05, 3.63) is 35.9 Å². The summed E-state index contributed by atoms with van der Waals surface area (Å²) in [7, 11) is 0. The van der Waals surface area contributed by atoms with Crippen LogP contribution >= 0.6 is 15.9 Å². The van der Waals surface area contributed by atoms with Gasteiger partial charge in [-0.25, -0.2) is 0 Å². The maximum atomic E-state index is 5.62. The van der Waals surface area contributed by atoms with Crippen molar-refractivity contribution < 1.29 is 9.47 Å². The molecule has 1 rings (SSSR count). The van der Waals surface area contributed by atoms with E-state index in [1.165, 1.54) is 37.7 Å². The summed E-state index contributed by atoms with van der Waals surface area (Å²) in [5.74, 6) is 3.23. The fourth-order valence-electron chi connectivity index (χ4n) is 4.41. The van der Waals surface area contributed by atoms with E-state index < -0.39 is 0 Å². The molecule has 0 saturated heterocycles. The summed E-state index contributed by atoms with van der Waals surface area (Å²) in [4.78, 5) is 0.637. The van der Waals surface area contributed by atoms with Gasteiger partial charge in [0.15, 0.2) is 0 Å². The Morgan fingerprint density at radius 3 is 1.93 bits per heavy atom. The first-order valence-corrected chi connectivity index (χ1v) is 12.1. The van der Waals surface area contributed by atoms with Gasteiger partial charge in [0.25, 0.3) is 0 Å². The van der Waals surface area contributed by atoms with Crippen molar-refractivity contribution in [2.24, 2.45) is 23.7 Å². The first-order chi connectivity index (χ1) is 13.4. The van der Waals surface area contributed by atoms with Crippen LogP contribution in [0.4, 0.5) is 0 Å². The second kappa shape index (κ2) is 15.5. The molecule has 0 N–H and O–H groups in total. The van der Waals surface area contributed by atoms with E-state index in [1.54, 1.807) is 0 Å². The minimum atomic E-state index is 0.391. The van der Waals surface area contributed by atoms with Crippen LogP contribution in [0.1, 0.15) is 78.7 Å². The molecule has 5 atom stereocenters. The van der Waals surface area contributed by atoms with Crippen LogP contribution in [-0.4, -0.2) is 18.2 Å². The largest absolute Gasteiger partial charge is 0.355 e. The molecule has 0 amide bonds. The van der Waals surface area contributed by atoms with E-state index in [4.69, 9.17) is 9.47 Å². The molecule has 5 unspecified atom stereocenters. The third-order valence-electron chi connectivity index (χ3n) is 5.41. The Balaban J connectivity index is 2.02. The molecule has 0 spiro atoms. The molecule has 0 bridgehead atoms. The van der Waals surface area contributed by atoms with Gasteiger partial charge in [-0.3, -0.25) is 0 Å². The van der Waals surface area contributed by atoms with Gasteiger partial charge in [-0.05, 0) is 67.8 Å². The quantitative estimate of drug-likeness (QED) is 0.144. The lowest BCUT2D eigenvalue weighted by molar-refractivity contribution is -0.0628. The average molecular weight is 456 g/mol. The molecule has 0 saturated carbocycles. The smallest absolute Gasteiger partial charge is 0.147 e. The fourth-order valence-corrected chi connectivity index (χ4v) is 5.05. The molecule has 0 aliphatic heterocycles. The van der Waals surface area contributed by atoms with E-state index >= 15 is 0 Å². The molecular weight excluding hydrogens is 412 g/mol. The molecule has 2 nitrogen and oxygen atoms in total. The van der Waals surface area contributed by atoms with Crippen LogP contribution in [0, 0.1) is 23.7 Å². The molecule has 0 heterocycles. The molecule has 162 valence electrons. The summed E-state index contributed by atoms with van der Waals surface area (Å²) >= 11 is 3.68. The van der Waals surface area contributed by atoms with Gasteiger partial charge in [0.05, 0.1) is 6.61 Å². The fraction of sp³-hybridized carbons (Fsp3) is 0.760. The topological polar surface area (TPSA) is 18.5 Å². The van der Waals surface area contributed by atoms with Crippen molar-refractivity contribution >= 4 is 15.9 Å². The standard InChI is InChI=1S/C25H43BrO2/c1-20(14-21(2)15-22(3)16-23(4)17-24(5)26)10-9-13-27-19-28-18-25-11-7-6-8-12-25/h6-8,11-12,20-24H,9-10,13-19H2,1-5H3. The van der Waals surface area contributed by atoms with Gasteiger partial charge in [-0.15, -0.1) is 0 Å². The Bertz CT molecular complexity index is 477. The van der Waals surface area contributed by atoms with E-state index in [9.17, 15) is 0 Å².